The molecule has 0 spiro atoms. The summed E-state index contributed by atoms with van der Waals surface area (Å²) in [7, 11) is 0. The Balaban J connectivity index is 1.95. The molecule has 2 nitrogen and oxygen atoms in total. The minimum atomic E-state index is -4.13. The average molecular weight is 332 g/mol. The van der Waals surface area contributed by atoms with Gasteiger partial charge < -0.3 is 10.1 Å². The lowest BCUT2D eigenvalue weighted by Crippen LogP contribution is -2.20. The van der Waals surface area contributed by atoms with Crippen molar-refractivity contribution >= 4 is 27.3 Å². The molecular weight excluding hydrogens is 319 g/mol. The zero-order chi connectivity index (χ0) is 12.7. The first kappa shape index (κ1) is 14.9. The first-order chi connectivity index (χ1) is 7.97. The lowest BCUT2D eigenvalue weighted by Gasteiger charge is -2.07. The van der Waals surface area contributed by atoms with E-state index >= 15 is 0 Å². The van der Waals surface area contributed by atoms with Gasteiger partial charge in [0.1, 0.15) is 0 Å². The highest BCUT2D eigenvalue weighted by molar-refractivity contribution is 9.10. The summed E-state index contributed by atoms with van der Waals surface area (Å²) >= 11 is 4.97. The second kappa shape index (κ2) is 7.35. The highest BCUT2D eigenvalue weighted by atomic mass is 79.9. The number of thiophene rings is 1. The van der Waals surface area contributed by atoms with Gasteiger partial charge in [-0.15, -0.1) is 11.3 Å². The maximum Gasteiger partial charge on any atom is 0.391 e. The van der Waals surface area contributed by atoms with E-state index in [1.54, 1.807) is 11.3 Å². The van der Waals surface area contributed by atoms with Gasteiger partial charge in [-0.3, -0.25) is 0 Å². The predicted molar refractivity (Wildman–Crippen MR) is 65.2 cm³/mol. The van der Waals surface area contributed by atoms with Crippen LogP contribution in [-0.2, 0) is 11.3 Å². The Hall–Kier alpha value is -0.110. The zero-order valence-corrected chi connectivity index (χ0v) is 11.4. The quantitative estimate of drug-likeness (QED) is 0.771. The number of halogens is 4. The maximum atomic E-state index is 11.8. The molecule has 0 amide bonds. The van der Waals surface area contributed by atoms with Gasteiger partial charge in [-0.05, 0) is 22.0 Å². The summed E-state index contributed by atoms with van der Waals surface area (Å²) in [5, 5.41) is 5.08. The molecule has 0 aliphatic carbocycles. The fourth-order valence-corrected chi connectivity index (χ4v) is 2.51. The number of hydrogen-bond acceptors (Lipinski definition) is 3. The molecule has 17 heavy (non-hydrogen) atoms. The van der Waals surface area contributed by atoms with E-state index in [9.17, 15) is 13.2 Å². The molecule has 0 atom stereocenters. The summed E-state index contributed by atoms with van der Waals surface area (Å²) in [6.45, 7) is 1.28. The summed E-state index contributed by atoms with van der Waals surface area (Å²) in [5.41, 5.74) is 0. The largest absolute Gasteiger partial charge is 0.391 e. The van der Waals surface area contributed by atoms with Crippen LogP contribution in [-0.4, -0.2) is 25.9 Å². The van der Waals surface area contributed by atoms with Gasteiger partial charge in [-0.25, -0.2) is 0 Å². The van der Waals surface area contributed by atoms with E-state index in [0.29, 0.717) is 19.7 Å². The molecule has 0 unspecified atom stereocenters. The predicted octanol–water partition coefficient (Wildman–Crippen LogP) is 3.57. The van der Waals surface area contributed by atoms with E-state index in [4.69, 9.17) is 4.74 Å². The fraction of sp³-hybridized carbons (Fsp3) is 0.600. The Kier molecular flexibility index (Phi) is 6.47. The molecule has 98 valence electrons. The first-order valence-corrected chi connectivity index (χ1v) is 6.73. The van der Waals surface area contributed by atoms with E-state index < -0.39 is 12.6 Å². The monoisotopic (exact) mass is 331 g/mol. The number of hydrogen-bond donors (Lipinski definition) is 1. The van der Waals surface area contributed by atoms with Gasteiger partial charge in [-0.2, -0.15) is 13.2 Å². The average Bonchev–Trinajstić information content (AvgIpc) is 2.61. The molecule has 0 aliphatic rings. The van der Waals surface area contributed by atoms with E-state index in [1.807, 2.05) is 11.4 Å². The summed E-state index contributed by atoms with van der Waals surface area (Å²) in [4.78, 5) is 1.17. The molecule has 1 N–H and O–H groups in total. The molecule has 0 aliphatic heterocycles. The third kappa shape index (κ3) is 7.75. The Labute approximate surface area is 110 Å². The minimum Gasteiger partial charge on any atom is -0.380 e. The second-order valence-corrected chi connectivity index (χ2v) is 5.30. The van der Waals surface area contributed by atoms with E-state index in [2.05, 4.69) is 21.2 Å². The highest BCUT2D eigenvalue weighted by Gasteiger charge is 2.26. The minimum absolute atomic E-state index is 0.268. The van der Waals surface area contributed by atoms with Gasteiger partial charge in [0.15, 0.2) is 0 Å². The van der Waals surface area contributed by atoms with E-state index in [1.165, 1.54) is 4.88 Å². The fourth-order valence-electron chi connectivity index (χ4n) is 1.09. The molecular formula is C10H13BrF3NOS. The first-order valence-electron chi connectivity index (χ1n) is 5.05. The van der Waals surface area contributed by atoms with Crippen LogP contribution in [0.1, 0.15) is 11.3 Å². The molecule has 1 heterocycles. The molecule has 0 saturated carbocycles. The molecule has 1 aromatic rings. The summed E-state index contributed by atoms with van der Waals surface area (Å²) in [6.07, 6.45) is -5.01. The van der Waals surface area contributed by atoms with Gasteiger partial charge in [-0.1, -0.05) is 0 Å². The Morgan fingerprint density at radius 1 is 1.35 bits per heavy atom. The van der Waals surface area contributed by atoms with Gasteiger partial charge >= 0.3 is 6.18 Å². The SMILES string of the molecule is FC(F)(F)CCOCCNCc1cc(Br)cs1. The van der Waals surface area contributed by atoms with Crippen molar-refractivity contribution in [2.75, 3.05) is 19.8 Å². The van der Waals surface area contributed by atoms with Crippen molar-refractivity contribution in [2.24, 2.45) is 0 Å². The summed E-state index contributed by atoms with van der Waals surface area (Å²) in [6, 6.07) is 2.00. The number of alkyl halides is 3. The van der Waals surface area contributed by atoms with E-state index in [-0.39, 0.29) is 6.61 Å². The van der Waals surface area contributed by atoms with Crippen LogP contribution in [0.2, 0.25) is 0 Å². The molecule has 0 saturated heterocycles. The van der Waals surface area contributed by atoms with Crippen LogP contribution in [0.4, 0.5) is 13.2 Å². The number of nitrogens with one attached hydrogen (secondary N) is 1. The summed E-state index contributed by atoms with van der Waals surface area (Å²) < 4.78 is 41.2. The molecule has 0 radical (unpaired) electrons. The van der Waals surface area contributed by atoms with Crippen molar-refractivity contribution in [3.63, 3.8) is 0 Å². The van der Waals surface area contributed by atoms with Crippen LogP contribution in [0.5, 0.6) is 0 Å². The van der Waals surface area contributed by atoms with Crippen LogP contribution in [0.25, 0.3) is 0 Å². The Morgan fingerprint density at radius 3 is 2.71 bits per heavy atom. The second-order valence-electron chi connectivity index (χ2n) is 3.39. The lowest BCUT2D eigenvalue weighted by atomic mass is 10.4. The topological polar surface area (TPSA) is 21.3 Å². The lowest BCUT2D eigenvalue weighted by molar-refractivity contribution is -0.145. The van der Waals surface area contributed by atoms with Crippen LogP contribution < -0.4 is 5.32 Å². The summed E-state index contributed by atoms with van der Waals surface area (Å²) in [5.74, 6) is 0. The maximum absolute atomic E-state index is 11.8. The van der Waals surface area contributed by atoms with Crippen LogP contribution in [0.15, 0.2) is 15.9 Å². The third-order valence-corrected chi connectivity index (χ3v) is 3.57. The van der Waals surface area contributed by atoms with Crippen molar-refractivity contribution in [1.29, 1.82) is 0 Å². The Morgan fingerprint density at radius 2 is 2.12 bits per heavy atom. The van der Waals surface area contributed by atoms with Gasteiger partial charge in [0.05, 0.1) is 19.6 Å². The normalized spacial score (nSPS) is 12.0. The van der Waals surface area contributed by atoms with Crippen LogP contribution >= 0.6 is 27.3 Å². The number of ether oxygens (including phenoxy) is 1. The highest BCUT2D eigenvalue weighted by Crippen LogP contribution is 2.19. The van der Waals surface area contributed by atoms with Crippen molar-refractivity contribution < 1.29 is 17.9 Å². The van der Waals surface area contributed by atoms with Crippen LogP contribution in [0, 0.1) is 0 Å². The zero-order valence-electron chi connectivity index (χ0n) is 9.02. The molecule has 1 aromatic heterocycles. The molecule has 1 rings (SSSR count). The van der Waals surface area contributed by atoms with Gasteiger partial charge in [0.25, 0.3) is 0 Å². The molecule has 0 fully saturated rings. The standard InChI is InChI=1S/C10H13BrF3NOS/c11-8-5-9(17-7-8)6-15-2-4-16-3-1-10(12,13)14/h5,7,15H,1-4,6H2. The smallest absolute Gasteiger partial charge is 0.380 e. The van der Waals surface area contributed by atoms with Crippen LogP contribution in [0.3, 0.4) is 0 Å². The van der Waals surface area contributed by atoms with Gasteiger partial charge in [0.2, 0.25) is 0 Å². The Bertz CT molecular complexity index is 330. The van der Waals surface area contributed by atoms with Crippen molar-refractivity contribution in [3.8, 4) is 0 Å². The van der Waals surface area contributed by atoms with Crippen molar-refractivity contribution in [1.82, 2.24) is 5.32 Å². The third-order valence-electron chi connectivity index (χ3n) is 1.87. The molecule has 7 heteroatoms. The van der Waals surface area contributed by atoms with Crippen molar-refractivity contribution in [2.45, 2.75) is 19.1 Å². The van der Waals surface area contributed by atoms with Crippen molar-refractivity contribution in [3.05, 3.63) is 20.8 Å². The molecule has 0 bridgehead atoms. The molecule has 0 aromatic carbocycles. The van der Waals surface area contributed by atoms with Gasteiger partial charge in [0, 0.05) is 27.8 Å². The van der Waals surface area contributed by atoms with E-state index in [0.717, 1.165) is 4.47 Å². The number of rotatable bonds is 7.